The molecular weight excluding hydrogens is 560 g/mol. The lowest BCUT2D eigenvalue weighted by atomic mass is 9.67. The van der Waals surface area contributed by atoms with Gasteiger partial charge in [-0.15, -0.1) is 0 Å². The summed E-state index contributed by atoms with van der Waals surface area (Å²) < 4.78 is 6.20. The predicted molar refractivity (Wildman–Crippen MR) is 180 cm³/mol. The summed E-state index contributed by atoms with van der Waals surface area (Å²) in [4.78, 5) is 34.6. The zero-order chi connectivity index (χ0) is 32.8. The maximum atomic E-state index is 11.9. The largest absolute Gasteiger partial charge is 0.418 e. The van der Waals surface area contributed by atoms with Crippen LogP contribution in [-0.4, -0.2) is 60.4 Å². The molecule has 0 spiro atoms. The predicted octanol–water partition coefficient (Wildman–Crippen LogP) is 8.22. The smallest absolute Gasteiger partial charge is 0.213 e. The standard InChI is InChI=1S/C33H62N4O5Si/c1-20(2)27-16-25(36(38)39)17-28(21(3)4)32(27)34-24(9)31(14-13-15-42-43(10,11)12)35-33-29(22(5)6)18-26(37(40)41)19-30(33)23(7)8/h20-23,25-30,32-33H,13-19H2,1-12H3. The lowest BCUT2D eigenvalue weighted by Crippen LogP contribution is -2.46. The van der Waals surface area contributed by atoms with Crippen LogP contribution in [0.5, 0.6) is 0 Å². The molecular formula is C33H62N4O5Si. The number of rotatable bonds is 14. The van der Waals surface area contributed by atoms with Gasteiger partial charge in [-0.1, -0.05) is 55.4 Å². The van der Waals surface area contributed by atoms with E-state index >= 15 is 0 Å². The van der Waals surface area contributed by atoms with Crippen LogP contribution in [0.4, 0.5) is 0 Å². The molecule has 2 aliphatic rings. The molecule has 2 rings (SSSR count). The zero-order valence-corrected chi connectivity index (χ0v) is 30.2. The van der Waals surface area contributed by atoms with Crippen molar-refractivity contribution in [3.8, 4) is 0 Å². The van der Waals surface area contributed by atoms with Crippen molar-refractivity contribution in [2.75, 3.05) is 6.61 Å². The molecule has 0 N–H and O–H groups in total. The molecule has 0 aliphatic heterocycles. The fourth-order valence-electron chi connectivity index (χ4n) is 7.47. The molecule has 248 valence electrons. The molecule has 4 atom stereocenters. The molecule has 2 saturated carbocycles. The molecule has 0 aromatic rings. The fourth-order valence-corrected chi connectivity index (χ4v) is 8.23. The average molecular weight is 623 g/mol. The lowest BCUT2D eigenvalue weighted by Gasteiger charge is -2.42. The van der Waals surface area contributed by atoms with E-state index in [9.17, 15) is 20.2 Å². The Morgan fingerprint density at radius 3 is 1.37 bits per heavy atom. The van der Waals surface area contributed by atoms with Crippen LogP contribution in [0.2, 0.25) is 19.6 Å². The van der Waals surface area contributed by atoms with E-state index in [0.29, 0.717) is 32.3 Å². The third-order valence-electron chi connectivity index (χ3n) is 10.1. The van der Waals surface area contributed by atoms with Crippen molar-refractivity contribution in [3.05, 3.63) is 20.2 Å². The Bertz CT molecular complexity index is 954. The van der Waals surface area contributed by atoms with E-state index in [1.54, 1.807) is 0 Å². The van der Waals surface area contributed by atoms with E-state index < -0.39 is 20.4 Å². The Kier molecular flexibility index (Phi) is 14.0. The molecule has 10 heteroatoms. The quantitative estimate of drug-likeness (QED) is 0.0635. The maximum Gasteiger partial charge on any atom is 0.213 e. The summed E-state index contributed by atoms with van der Waals surface area (Å²) in [5.74, 6) is 1.63. The molecule has 0 radical (unpaired) electrons. The van der Waals surface area contributed by atoms with Crippen LogP contribution in [0.1, 0.15) is 101 Å². The van der Waals surface area contributed by atoms with Crippen LogP contribution < -0.4 is 0 Å². The summed E-state index contributed by atoms with van der Waals surface area (Å²) in [6, 6.07) is -1.04. The lowest BCUT2D eigenvalue weighted by molar-refractivity contribution is -0.531. The molecule has 0 amide bonds. The minimum Gasteiger partial charge on any atom is -0.418 e. The van der Waals surface area contributed by atoms with E-state index in [0.717, 1.165) is 24.3 Å². The van der Waals surface area contributed by atoms with Gasteiger partial charge in [0.05, 0.1) is 23.5 Å². The van der Waals surface area contributed by atoms with Gasteiger partial charge in [0.1, 0.15) is 0 Å². The molecule has 0 aromatic heterocycles. The number of nitro groups is 2. The Morgan fingerprint density at radius 2 is 1.07 bits per heavy atom. The molecule has 9 nitrogen and oxygen atoms in total. The number of hydrogen-bond donors (Lipinski definition) is 0. The maximum absolute atomic E-state index is 11.9. The molecule has 43 heavy (non-hydrogen) atoms. The second-order valence-corrected chi connectivity index (χ2v) is 20.3. The molecule has 0 bridgehead atoms. The van der Waals surface area contributed by atoms with E-state index in [-0.39, 0.29) is 69.3 Å². The van der Waals surface area contributed by atoms with E-state index in [4.69, 9.17) is 14.4 Å². The second-order valence-electron chi connectivity index (χ2n) is 15.8. The zero-order valence-electron chi connectivity index (χ0n) is 29.2. The van der Waals surface area contributed by atoms with Gasteiger partial charge in [-0.3, -0.25) is 30.2 Å². The van der Waals surface area contributed by atoms with Gasteiger partial charge >= 0.3 is 0 Å². The first kappa shape index (κ1) is 37.5. The van der Waals surface area contributed by atoms with Crippen molar-refractivity contribution >= 4 is 19.7 Å². The minimum absolute atomic E-state index is 0.00118. The third kappa shape index (κ3) is 10.7. The molecule has 2 aliphatic carbocycles. The number of aliphatic imine (C=N–C) groups is 2. The highest BCUT2D eigenvalue weighted by atomic mass is 28.4. The summed E-state index contributed by atoms with van der Waals surface area (Å²) in [6.45, 7) is 26.7. The van der Waals surface area contributed by atoms with Gasteiger partial charge < -0.3 is 4.43 Å². The highest BCUT2D eigenvalue weighted by molar-refractivity contribution is 6.69. The van der Waals surface area contributed by atoms with Crippen molar-refractivity contribution < 1.29 is 14.3 Å². The van der Waals surface area contributed by atoms with E-state index in [2.05, 4.69) is 82.0 Å². The summed E-state index contributed by atoms with van der Waals surface area (Å²) in [5.41, 5.74) is 1.91. The van der Waals surface area contributed by atoms with Gasteiger partial charge in [0.2, 0.25) is 12.1 Å². The van der Waals surface area contributed by atoms with Crippen molar-refractivity contribution in [3.63, 3.8) is 0 Å². The van der Waals surface area contributed by atoms with Crippen LogP contribution in [-0.2, 0) is 4.43 Å². The van der Waals surface area contributed by atoms with Gasteiger partial charge in [-0.2, -0.15) is 0 Å². The summed E-state index contributed by atoms with van der Waals surface area (Å²) in [6.07, 6.45) is 3.81. The van der Waals surface area contributed by atoms with Crippen molar-refractivity contribution in [2.45, 2.75) is 145 Å². The van der Waals surface area contributed by atoms with Gasteiger partial charge in [0.25, 0.3) is 0 Å². The molecule has 4 unspecified atom stereocenters. The minimum atomic E-state index is -1.65. The summed E-state index contributed by atoms with van der Waals surface area (Å²) in [7, 11) is -1.65. The van der Waals surface area contributed by atoms with Gasteiger partial charge in [-0.05, 0) is 86.7 Å². The van der Waals surface area contributed by atoms with Crippen LogP contribution in [0.25, 0.3) is 0 Å². The second kappa shape index (κ2) is 16.0. The Hall–Kier alpha value is -1.68. The molecule has 2 fully saturated rings. The average Bonchev–Trinajstić information content (AvgIpc) is 2.88. The Balaban J connectivity index is 2.59. The van der Waals surface area contributed by atoms with Crippen LogP contribution in [0.3, 0.4) is 0 Å². The van der Waals surface area contributed by atoms with Crippen LogP contribution in [0, 0.1) is 67.6 Å². The van der Waals surface area contributed by atoms with Gasteiger partial charge in [0.15, 0.2) is 8.32 Å². The first-order valence-electron chi connectivity index (χ1n) is 16.9. The highest BCUT2D eigenvalue weighted by Crippen LogP contribution is 2.42. The normalized spacial score (nSPS) is 31.3. The van der Waals surface area contributed by atoms with Crippen molar-refractivity contribution in [1.82, 2.24) is 0 Å². The van der Waals surface area contributed by atoms with Crippen molar-refractivity contribution in [2.24, 2.45) is 57.3 Å². The SMILES string of the molecule is CC(=NC1C(C(C)C)CC([N+](=O)[O-])CC1C(C)C)C(CCCO[Si](C)(C)C)=NC1C(C(C)C)CC([N+](=O)[O-])CC1C(C)C. The summed E-state index contributed by atoms with van der Waals surface area (Å²) >= 11 is 0. The van der Waals surface area contributed by atoms with Crippen LogP contribution in [0.15, 0.2) is 9.98 Å². The first-order chi connectivity index (χ1) is 19.8. The van der Waals surface area contributed by atoms with E-state index in [1.807, 2.05) is 0 Å². The topological polar surface area (TPSA) is 120 Å². The van der Waals surface area contributed by atoms with Crippen LogP contribution >= 0.6 is 0 Å². The fraction of sp³-hybridized carbons (Fsp3) is 0.939. The number of nitrogens with zero attached hydrogens (tertiary/aromatic N) is 4. The molecule has 0 heterocycles. The third-order valence-corrected chi connectivity index (χ3v) is 11.2. The molecule has 0 saturated heterocycles. The molecule has 0 aromatic carbocycles. The van der Waals surface area contributed by atoms with Gasteiger partial charge in [-0.25, -0.2) is 0 Å². The van der Waals surface area contributed by atoms with Gasteiger partial charge in [0, 0.05) is 42.1 Å². The first-order valence-corrected chi connectivity index (χ1v) is 20.3. The monoisotopic (exact) mass is 622 g/mol. The Morgan fingerprint density at radius 1 is 0.721 bits per heavy atom. The summed E-state index contributed by atoms with van der Waals surface area (Å²) in [5, 5.41) is 23.8. The van der Waals surface area contributed by atoms with E-state index in [1.165, 1.54) is 0 Å². The van der Waals surface area contributed by atoms with Crippen molar-refractivity contribution in [1.29, 1.82) is 0 Å². The Labute approximate surface area is 262 Å². The number of hydrogen-bond acceptors (Lipinski definition) is 7. The highest BCUT2D eigenvalue weighted by Gasteiger charge is 2.46.